The zero-order valence-electron chi connectivity index (χ0n) is 21.5. The number of fused-ring (bicyclic) bond motifs is 1. The molecule has 7 nitrogen and oxygen atoms in total. The van der Waals surface area contributed by atoms with Crippen LogP contribution in [0.15, 0.2) is 73.1 Å². The lowest BCUT2D eigenvalue weighted by Crippen LogP contribution is -2.38. The summed E-state index contributed by atoms with van der Waals surface area (Å²) in [5, 5.41) is 3.12. The molecule has 4 aromatic rings. The Labute approximate surface area is 218 Å². The van der Waals surface area contributed by atoms with Gasteiger partial charge >= 0.3 is 0 Å². The molecule has 2 aromatic heterocycles. The highest BCUT2D eigenvalue weighted by Crippen LogP contribution is 2.20. The van der Waals surface area contributed by atoms with E-state index in [9.17, 15) is 4.79 Å². The van der Waals surface area contributed by atoms with Gasteiger partial charge in [0.2, 0.25) is 0 Å². The van der Waals surface area contributed by atoms with Crippen LogP contribution in [0.5, 0.6) is 11.5 Å². The number of likely N-dealkylation sites (tertiary alicyclic amines) is 1. The summed E-state index contributed by atoms with van der Waals surface area (Å²) >= 11 is 0. The van der Waals surface area contributed by atoms with Crippen LogP contribution in [-0.4, -0.2) is 46.9 Å². The number of amides is 1. The molecule has 0 unspecified atom stereocenters. The molecular weight excluding hydrogens is 464 g/mol. The molecule has 7 heteroatoms. The van der Waals surface area contributed by atoms with E-state index >= 15 is 0 Å². The van der Waals surface area contributed by atoms with Crippen molar-refractivity contribution >= 4 is 11.6 Å². The van der Waals surface area contributed by atoms with Crippen LogP contribution in [0.2, 0.25) is 0 Å². The lowest BCUT2D eigenvalue weighted by Gasteiger charge is -2.32. The van der Waals surface area contributed by atoms with Crippen molar-refractivity contribution in [1.82, 2.24) is 19.6 Å². The van der Waals surface area contributed by atoms with E-state index in [0.717, 1.165) is 60.9 Å². The molecule has 1 amide bonds. The molecule has 0 aliphatic carbocycles. The number of pyridine rings is 1. The Morgan fingerprint density at radius 1 is 1.03 bits per heavy atom. The predicted octanol–water partition coefficient (Wildman–Crippen LogP) is 4.87. The van der Waals surface area contributed by atoms with E-state index in [1.54, 1.807) is 7.11 Å². The van der Waals surface area contributed by atoms with Gasteiger partial charge < -0.3 is 19.2 Å². The minimum absolute atomic E-state index is 0.0389. The Balaban J connectivity index is 1.04. The first-order valence-electron chi connectivity index (χ1n) is 12.9. The van der Waals surface area contributed by atoms with Crippen molar-refractivity contribution < 1.29 is 14.3 Å². The normalized spacial score (nSPS) is 14.5. The quantitative estimate of drug-likeness (QED) is 0.357. The third-order valence-corrected chi connectivity index (χ3v) is 7.05. The van der Waals surface area contributed by atoms with Crippen molar-refractivity contribution in [2.45, 2.75) is 32.9 Å². The highest BCUT2D eigenvalue weighted by molar-refractivity contribution is 5.94. The van der Waals surface area contributed by atoms with Gasteiger partial charge in [0.1, 0.15) is 23.8 Å². The summed E-state index contributed by atoms with van der Waals surface area (Å²) in [7, 11) is 1.69. The van der Waals surface area contributed by atoms with Gasteiger partial charge in [-0.05, 0) is 92.4 Å². The molecule has 1 aliphatic heterocycles. The van der Waals surface area contributed by atoms with Gasteiger partial charge in [-0.2, -0.15) is 0 Å². The van der Waals surface area contributed by atoms with E-state index in [1.807, 2.05) is 72.2 Å². The number of imidazole rings is 1. The molecule has 0 radical (unpaired) electrons. The molecular formula is C30H34N4O3. The number of hydrogen-bond donors (Lipinski definition) is 1. The summed E-state index contributed by atoms with van der Waals surface area (Å²) in [6.07, 6.45) is 6.14. The topological polar surface area (TPSA) is 68.1 Å². The van der Waals surface area contributed by atoms with Crippen LogP contribution >= 0.6 is 0 Å². The first-order valence-corrected chi connectivity index (χ1v) is 12.9. The molecule has 1 aliphatic rings. The van der Waals surface area contributed by atoms with E-state index in [1.165, 1.54) is 5.56 Å². The van der Waals surface area contributed by atoms with Crippen LogP contribution in [0.3, 0.4) is 0 Å². The molecule has 0 atom stereocenters. The standard InChI is InChI=1S/C30H34N4O3/c1-22-4-3-15-34-20-26(32-29(22)34)21-37-28-11-7-25(8-12-28)30(35)31-18-23-13-16-33(17-14-23)19-24-5-9-27(36-2)10-6-24/h3-12,15,20,23H,13-14,16-19,21H2,1-2H3,(H,31,35). The summed E-state index contributed by atoms with van der Waals surface area (Å²) in [6.45, 7) is 6.18. The number of benzene rings is 2. The first kappa shape index (κ1) is 24.8. The Hall–Kier alpha value is -3.84. The van der Waals surface area contributed by atoms with Gasteiger partial charge in [0.25, 0.3) is 5.91 Å². The number of hydrogen-bond acceptors (Lipinski definition) is 5. The number of methoxy groups -OCH3 is 1. The lowest BCUT2D eigenvalue weighted by molar-refractivity contribution is 0.0935. The monoisotopic (exact) mass is 498 g/mol. The second-order valence-electron chi connectivity index (χ2n) is 9.74. The zero-order chi connectivity index (χ0) is 25.6. The summed E-state index contributed by atoms with van der Waals surface area (Å²) in [6, 6.07) is 19.6. The number of aromatic nitrogens is 2. The Morgan fingerprint density at radius 2 is 1.76 bits per heavy atom. The van der Waals surface area contributed by atoms with Crippen molar-refractivity contribution in [1.29, 1.82) is 0 Å². The van der Waals surface area contributed by atoms with Crippen molar-refractivity contribution in [3.63, 3.8) is 0 Å². The fourth-order valence-electron chi connectivity index (χ4n) is 4.81. The molecule has 2 aromatic carbocycles. The predicted molar refractivity (Wildman–Crippen MR) is 144 cm³/mol. The lowest BCUT2D eigenvalue weighted by atomic mass is 9.96. The van der Waals surface area contributed by atoms with Crippen molar-refractivity contribution in [3.05, 3.63) is 95.4 Å². The third kappa shape index (κ3) is 6.30. The smallest absolute Gasteiger partial charge is 0.251 e. The zero-order valence-corrected chi connectivity index (χ0v) is 21.5. The van der Waals surface area contributed by atoms with E-state index < -0.39 is 0 Å². The summed E-state index contributed by atoms with van der Waals surface area (Å²) < 4.78 is 13.1. The summed E-state index contributed by atoms with van der Waals surface area (Å²) in [5.41, 5.74) is 4.88. The van der Waals surface area contributed by atoms with Crippen molar-refractivity contribution in [2.24, 2.45) is 5.92 Å². The second-order valence-corrected chi connectivity index (χ2v) is 9.74. The molecule has 3 heterocycles. The second kappa shape index (κ2) is 11.5. The van der Waals surface area contributed by atoms with Crippen LogP contribution in [0.1, 0.15) is 40.0 Å². The third-order valence-electron chi connectivity index (χ3n) is 7.05. The number of carbonyl (C=O) groups is 1. The van der Waals surface area contributed by atoms with E-state index in [2.05, 4.69) is 27.3 Å². The molecule has 192 valence electrons. The van der Waals surface area contributed by atoms with E-state index in [4.69, 9.17) is 9.47 Å². The van der Waals surface area contributed by atoms with Crippen LogP contribution in [0.25, 0.3) is 5.65 Å². The maximum Gasteiger partial charge on any atom is 0.251 e. The van der Waals surface area contributed by atoms with Crippen molar-refractivity contribution in [3.8, 4) is 11.5 Å². The molecule has 5 rings (SSSR count). The summed E-state index contributed by atoms with van der Waals surface area (Å²) in [4.78, 5) is 19.8. The molecule has 1 N–H and O–H groups in total. The number of rotatable bonds is 9. The van der Waals surface area contributed by atoms with E-state index in [0.29, 0.717) is 24.6 Å². The number of piperidine rings is 1. The maximum atomic E-state index is 12.7. The number of ether oxygens (including phenoxy) is 2. The molecule has 1 saturated heterocycles. The minimum atomic E-state index is -0.0389. The van der Waals surface area contributed by atoms with Gasteiger partial charge in [0.05, 0.1) is 12.8 Å². The SMILES string of the molecule is COc1ccc(CN2CCC(CNC(=O)c3ccc(OCc4cn5cccc(C)c5n4)cc3)CC2)cc1. The number of carbonyl (C=O) groups excluding carboxylic acids is 1. The molecule has 1 fully saturated rings. The van der Waals surface area contributed by atoms with Crippen LogP contribution < -0.4 is 14.8 Å². The molecule has 0 bridgehead atoms. The number of aryl methyl sites for hydroxylation is 1. The van der Waals surface area contributed by atoms with Crippen LogP contribution in [0, 0.1) is 12.8 Å². The molecule has 0 spiro atoms. The maximum absolute atomic E-state index is 12.7. The number of nitrogens with zero attached hydrogens (tertiary/aromatic N) is 3. The highest BCUT2D eigenvalue weighted by atomic mass is 16.5. The number of nitrogens with one attached hydrogen (secondary N) is 1. The average molecular weight is 499 g/mol. The Bertz CT molecular complexity index is 1320. The Kier molecular flexibility index (Phi) is 7.70. The fourth-order valence-corrected chi connectivity index (χ4v) is 4.81. The van der Waals surface area contributed by atoms with Gasteiger partial charge in [-0.1, -0.05) is 18.2 Å². The first-order chi connectivity index (χ1) is 18.1. The van der Waals surface area contributed by atoms with Crippen LogP contribution in [0.4, 0.5) is 0 Å². The van der Waals surface area contributed by atoms with Gasteiger partial charge in [0, 0.05) is 31.0 Å². The molecule has 37 heavy (non-hydrogen) atoms. The van der Waals surface area contributed by atoms with Gasteiger partial charge in [-0.25, -0.2) is 4.98 Å². The molecule has 0 saturated carbocycles. The Morgan fingerprint density at radius 3 is 2.46 bits per heavy atom. The summed E-state index contributed by atoms with van der Waals surface area (Å²) in [5.74, 6) is 2.07. The van der Waals surface area contributed by atoms with E-state index in [-0.39, 0.29) is 5.91 Å². The van der Waals surface area contributed by atoms with Gasteiger partial charge in [0.15, 0.2) is 0 Å². The minimum Gasteiger partial charge on any atom is -0.497 e. The fraction of sp³-hybridized carbons (Fsp3) is 0.333. The largest absolute Gasteiger partial charge is 0.497 e. The van der Waals surface area contributed by atoms with Gasteiger partial charge in [-0.3, -0.25) is 9.69 Å². The average Bonchev–Trinajstić information content (AvgIpc) is 3.37. The van der Waals surface area contributed by atoms with Crippen LogP contribution in [-0.2, 0) is 13.2 Å². The van der Waals surface area contributed by atoms with Crippen molar-refractivity contribution in [2.75, 3.05) is 26.7 Å². The highest BCUT2D eigenvalue weighted by Gasteiger charge is 2.20. The van der Waals surface area contributed by atoms with Gasteiger partial charge in [-0.15, -0.1) is 0 Å².